The van der Waals surface area contributed by atoms with Gasteiger partial charge in [0.1, 0.15) is 19.0 Å². The van der Waals surface area contributed by atoms with E-state index in [9.17, 15) is 19.8 Å². The molecule has 176 valence electrons. The van der Waals surface area contributed by atoms with Crippen LogP contribution >= 0.6 is 0 Å². The van der Waals surface area contributed by atoms with Crippen LogP contribution in [0, 0.1) is 0 Å². The number of fused-ring (bicyclic) bond motifs is 1. The van der Waals surface area contributed by atoms with Crippen molar-refractivity contribution in [1.29, 1.82) is 0 Å². The van der Waals surface area contributed by atoms with Crippen molar-refractivity contribution in [3.63, 3.8) is 0 Å². The molecular formula is C23H26N2O8. The topological polar surface area (TPSA) is 140 Å². The Morgan fingerprint density at radius 2 is 1.52 bits per heavy atom. The molecule has 0 spiro atoms. The van der Waals surface area contributed by atoms with Crippen molar-refractivity contribution < 1.29 is 38.7 Å². The van der Waals surface area contributed by atoms with Crippen LogP contribution in [0.2, 0.25) is 0 Å². The smallest absolute Gasteiger partial charge is 0.338 e. The highest BCUT2D eigenvalue weighted by atomic mass is 16.6. The number of aromatic nitrogens is 2. The third-order valence-corrected chi connectivity index (χ3v) is 4.52. The van der Waals surface area contributed by atoms with Gasteiger partial charge >= 0.3 is 11.9 Å². The van der Waals surface area contributed by atoms with E-state index >= 15 is 0 Å². The molecule has 0 aliphatic rings. The largest absolute Gasteiger partial charge is 0.486 e. The van der Waals surface area contributed by atoms with Gasteiger partial charge in [-0.2, -0.15) is 0 Å². The average molecular weight is 458 g/mol. The molecule has 2 aromatic carbocycles. The molecule has 1 heterocycles. The molecule has 3 aromatic rings. The molecule has 0 bridgehead atoms. The lowest BCUT2D eigenvalue weighted by Crippen LogP contribution is -2.30. The third kappa shape index (κ3) is 6.21. The molecule has 10 heteroatoms. The fraction of sp³-hybridized carbons (Fsp3) is 0.348. The van der Waals surface area contributed by atoms with Gasteiger partial charge in [-0.25, -0.2) is 14.6 Å². The lowest BCUT2D eigenvalue weighted by molar-refractivity contribution is -0.155. The van der Waals surface area contributed by atoms with E-state index in [2.05, 4.69) is 9.97 Å². The molecule has 0 radical (unpaired) electrons. The molecule has 0 fully saturated rings. The molecule has 0 aliphatic heterocycles. The van der Waals surface area contributed by atoms with Gasteiger partial charge in [-0.3, -0.25) is 0 Å². The zero-order valence-corrected chi connectivity index (χ0v) is 18.3. The summed E-state index contributed by atoms with van der Waals surface area (Å²) in [6.45, 7) is 2.74. The Morgan fingerprint density at radius 1 is 0.909 bits per heavy atom. The van der Waals surface area contributed by atoms with Crippen LogP contribution < -0.4 is 9.47 Å². The van der Waals surface area contributed by atoms with E-state index in [0.29, 0.717) is 11.4 Å². The van der Waals surface area contributed by atoms with Crippen LogP contribution in [0.1, 0.15) is 13.8 Å². The van der Waals surface area contributed by atoms with E-state index in [4.69, 9.17) is 18.9 Å². The Hall–Kier alpha value is -3.63. The molecular weight excluding hydrogens is 432 g/mol. The van der Waals surface area contributed by atoms with E-state index in [0.717, 1.165) is 11.0 Å². The predicted octanol–water partition coefficient (Wildman–Crippen LogP) is 1.84. The summed E-state index contributed by atoms with van der Waals surface area (Å²) < 4.78 is 20.7. The number of aliphatic hydroxyl groups is 2. The van der Waals surface area contributed by atoms with E-state index < -0.39 is 24.1 Å². The monoisotopic (exact) mass is 458 g/mol. The van der Waals surface area contributed by atoms with Crippen LogP contribution in [-0.4, -0.2) is 70.8 Å². The normalized spacial score (nSPS) is 12.7. The summed E-state index contributed by atoms with van der Waals surface area (Å²) in [7, 11) is 0. The van der Waals surface area contributed by atoms with Gasteiger partial charge < -0.3 is 34.1 Å². The van der Waals surface area contributed by atoms with Crippen molar-refractivity contribution >= 4 is 23.0 Å². The van der Waals surface area contributed by atoms with Gasteiger partial charge in [-0.15, -0.1) is 0 Å². The molecule has 0 saturated carbocycles. The van der Waals surface area contributed by atoms with Gasteiger partial charge in [-0.05, 0) is 44.2 Å². The summed E-state index contributed by atoms with van der Waals surface area (Å²) in [6.07, 6.45) is -2.99. The second-order valence-electron chi connectivity index (χ2n) is 6.92. The van der Waals surface area contributed by atoms with Crippen molar-refractivity contribution in [2.75, 3.05) is 26.4 Å². The number of ether oxygens (including phenoxy) is 4. The molecule has 3 rings (SSSR count). The van der Waals surface area contributed by atoms with Crippen LogP contribution in [0.25, 0.3) is 22.4 Å². The highest BCUT2D eigenvalue weighted by Crippen LogP contribution is 2.33. The first-order chi connectivity index (χ1) is 15.9. The van der Waals surface area contributed by atoms with Crippen molar-refractivity contribution in [2.45, 2.75) is 26.1 Å². The second-order valence-corrected chi connectivity index (χ2v) is 6.92. The predicted molar refractivity (Wildman–Crippen MR) is 118 cm³/mol. The fourth-order valence-corrected chi connectivity index (χ4v) is 2.93. The SMILES string of the molecule is CCOC(=O)C(O)COc1ccc(-c2nc3ccccc3[nH]2)cc1OCC(O)C(=O)OCC. The number of imidazole rings is 1. The quantitative estimate of drug-likeness (QED) is 0.367. The van der Waals surface area contributed by atoms with Crippen LogP contribution in [0.4, 0.5) is 0 Å². The number of H-pyrrole nitrogens is 1. The van der Waals surface area contributed by atoms with Gasteiger partial charge in [0.25, 0.3) is 0 Å². The highest BCUT2D eigenvalue weighted by Gasteiger charge is 2.21. The summed E-state index contributed by atoms with van der Waals surface area (Å²) in [4.78, 5) is 31.1. The number of benzene rings is 2. The molecule has 0 amide bonds. The first-order valence-corrected chi connectivity index (χ1v) is 10.5. The Morgan fingerprint density at radius 3 is 2.12 bits per heavy atom. The van der Waals surface area contributed by atoms with E-state index in [-0.39, 0.29) is 37.9 Å². The molecule has 2 atom stereocenters. The number of nitrogens with zero attached hydrogens (tertiary/aromatic N) is 1. The maximum Gasteiger partial charge on any atom is 0.338 e. The van der Waals surface area contributed by atoms with Crippen molar-refractivity contribution in [2.24, 2.45) is 0 Å². The molecule has 10 nitrogen and oxygen atoms in total. The minimum atomic E-state index is -1.50. The summed E-state index contributed by atoms with van der Waals surface area (Å²) in [5, 5.41) is 19.9. The first-order valence-electron chi connectivity index (χ1n) is 10.5. The minimum absolute atomic E-state index is 0.123. The maximum atomic E-state index is 11.7. The van der Waals surface area contributed by atoms with Crippen LogP contribution in [0.3, 0.4) is 0 Å². The van der Waals surface area contributed by atoms with Gasteiger partial charge in [0, 0.05) is 5.56 Å². The van der Waals surface area contributed by atoms with E-state index in [1.807, 2.05) is 24.3 Å². The summed E-state index contributed by atoms with van der Waals surface area (Å²) in [5.41, 5.74) is 2.29. The number of aliphatic hydroxyl groups excluding tert-OH is 2. The Kier molecular flexibility index (Phi) is 8.22. The van der Waals surface area contributed by atoms with Gasteiger partial charge in [-0.1, -0.05) is 12.1 Å². The molecule has 3 N–H and O–H groups in total. The fourth-order valence-electron chi connectivity index (χ4n) is 2.93. The highest BCUT2D eigenvalue weighted by molar-refractivity contribution is 5.79. The molecule has 33 heavy (non-hydrogen) atoms. The standard InChI is InChI=1S/C23H26N2O8/c1-3-30-22(28)17(26)12-32-19-10-9-14(21-24-15-7-5-6-8-16(15)25-21)11-20(19)33-13-18(27)23(29)31-4-2/h5-11,17-18,26-27H,3-4,12-13H2,1-2H3,(H,24,25). The summed E-state index contributed by atoms with van der Waals surface area (Å²) in [5.74, 6) is -0.686. The van der Waals surface area contributed by atoms with Crippen LogP contribution in [-0.2, 0) is 19.1 Å². The first kappa shape index (κ1) is 24.0. The number of hydrogen-bond acceptors (Lipinski definition) is 9. The number of nitrogens with one attached hydrogen (secondary N) is 1. The zero-order chi connectivity index (χ0) is 23.8. The summed E-state index contributed by atoms with van der Waals surface area (Å²) in [6, 6.07) is 12.4. The second kappa shape index (κ2) is 11.3. The van der Waals surface area contributed by atoms with Crippen LogP contribution in [0.15, 0.2) is 42.5 Å². The third-order valence-electron chi connectivity index (χ3n) is 4.52. The van der Waals surface area contributed by atoms with E-state index in [1.165, 1.54) is 0 Å². The molecule has 0 saturated heterocycles. The lowest BCUT2D eigenvalue weighted by atomic mass is 10.2. The average Bonchev–Trinajstić information content (AvgIpc) is 3.25. The van der Waals surface area contributed by atoms with Crippen molar-refractivity contribution in [3.05, 3.63) is 42.5 Å². The van der Waals surface area contributed by atoms with Crippen molar-refractivity contribution in [3.8, 4) is 22.9 Å². The molecule has 0 aliphatic carbocycles. The lowest BCUT2D eigenvalue weighted by Gasteiger charge is -2.17. The number of carbonyl (C=O) groups is 2. The number of hydrogen-bond donors (Lipinski definition) is 3. The Bertz CT molecular complexity index is 1060. The maximum absolute atomic E-state index is 11.7. The molecule has 2 unspecified atom stereocenters. The Balaban J connectivity index is 1.82. The molecule has 1 aromatic heterocycles. The van der Waals surface area contributed by atoms with Gasteiger partial charge in [0.05, 0.1) is 24.2 Å². The van der Waals surface area contributed by atoms with Crippen molar-refractivity contribution in [1.82, 2.24) is 9.97 Å². The minimum Gasteiger partial charge on any atom is -0.486 e. The number of rotatable bonds is 11. The van der Waals surface area contributed by atoms with Gasteiger partial charge in [0.2, 0.25) is 0 Å². The van der Waals surface area contributed by atoms with Gasteiger partial charge in [0.15, 0.2) is 23.7 Å². The summed E-state index contributed by atoms with van der Waals surface area (Å²) >= 11 is 0. The number of esters is 2. The van der Waals surface area contributed by atoms with Crippen LogP contribution in [0.5, 0.6) is 11.5 Å². The van der Waals surface area contributed by atoms with E-state index in [1.54, 1.807) is 32.0 Å². The number of carbonyl (C=O) groups excluding carboxylic acids is 2. The number of para-hydroxylation sites is 2. The number of aromatic amines is 1. The Labute approximate surface area is 190 Å². The zero-order valence-electron chi connectivity index (χ0n) is 18.3.